The Morgan fingerprint density at radius 1 is 1.26 bits per heavy atom. The van der Waals surface area contributed by atoms with Gasteiger partial charge in [-0.05, 0) is 32.9 Å². The van der Waals surface area contributed by atoms with Gasteiger partial charge in [0.1, 0.15) is 11.0 Å². The van der Waals surface area contributed by atoms with Crippen molar-refractivity contribution < 1.29 is 17.4 Å². The van der Waals surface area contributed by atoms with Gasteiger partial charge in [0.15, 0.2) is 0 Å². The van der Waals surface area contributed by atoms with E-state index in [0.29, 0.717) is 4.47 Å². The summed E-state index contributed by atoms with van der Waals surface area (Å²) in [7, 11) is -1.59. The lowest BCUT2D eigenvalue weighted by Crippen LogP contribution is -2.20. The number of alkyl halides is 3. The van der Waals surface area contributed by atoms with Crippen LogP contribution < -0.4 is 0 Å². The Morgan fingerprint density at radius 2 is 1.84 bits per heavy atom. The molecule has 0 spiro atoms. The highest BCUT2D eigenvalue weighted by Crippen LogP contribution is 2.33. The topological polar surface area (TPSA) is 29.4 Å². The zero-order chi connectivity index (χ0) is 14.8. The SMILES string of the molecule is CC(C)(C)[S@](=O)N=Cc1ccc(Br)cc1C(F)(F)F. The molecule has 106 valence electrons. The molecule has 2 nitrogen and oxygen atoms in total. The molecule has 0 bridgehead atoms. The highest BCUT2D eigenvalue weighted by Gasteiger charge is 2.33. The smallest absolute Gasteiger partial charge is 0.234 e. The molecule has 1 aromatic rings. The molecule has 0 aliphatic carbocycles. The molecule has 0 heterocycles. The fourth-order valence-corrected chi connectivity index (χ4v) is 2.04. The summed E-state index contributed by atoms with van der Waals surface area (Å²) in [5, 5.41) is 0. The largest absolute Gasteiger partial charge is 0.417 e. The number of benzene rings is 1. The van der Waals surface area contributed by atoms with Crippen molar-refractivity contribution in [2.75, 3.05) is 0 Å². The van der Waals surface area contributed by atoms with Gasteiger partial charge in [0.2, 0.25) is 0 Å². The summed E-state index contributed by atoms with van der Waals surface area (Å²) in [5.74, 6) is 0. The Labute approximate surface area is 120 Å². The third kappa shape index (κ3) is 4.72. The Bertz CT molecular complexity index is 521. The number of halogens is 4. The standard InChI is InChI=1S/C12H13BrF3NOS/c1-11(2,3)19(18)17-7-8-4-5-9(13)6-10(8)12(14,15)16/h4-7H,1-3H3/t19-/m0/s1. The lowest BCUT2D eigenvalue weighted by molar-refractivity contribution is -0.137. The molecule has 19 heavy (non-hydrogen) atoms. The molecule has 0 radical (unpaired) electrons. The van der Waals surface area contributed by atoms with Gasteiger partial charge in [0.25, 0.3) is 0 Å². The van der Waals surface area contributed by atoms with Gasteiger partial charge >= 0.3 is 6.18 Å². The van der Waals surface area contributed by atoms with Crippen LogP contribution in [0.2, 0.25) is 0 Å². The van der Waals surface area contributed by atoms with E-state index in [0.717, 1.165) is 12.3 Å². The van der Waals surface area contributed by atoms with E-state index < -0.39 is 27.5 Å². The summed E-state index contributed by atoms with van der Waals surface area (Å²) in [6, 6.07) is 3.74. The summed E-state index contributed by atoms with van der Waals surface area (Å²) < 4.78 is 53.6. The molecule has 0 amide bonds. The molecule has 1 atom stereocenters. The number of hydrogen-bond acceptors (Lipinski definition) is 1. The second kappa shape index (κ2) is 5.75. The van der Waals surface area contributed by atoms with E-state index in [1.807, 2.05) is 0 Å². The van der Waals surface area contributed by atoms with E-state index in [9.17, 15) is 17.4 Å². The van der Waals surface area contributed by atoms with Crippen molar-refractivity contribution in [1.82, 2.24) is 0 Å². The third-order valence-corrected chi connectivity index (χ3v) is 3.97. The van der Waals surface area contributed by atoms with Crippen LogP contribution in [0.15, 0.2) is 27.1 Å². The Morgan fingerprint density at radius 3 is 2.32 bits per heavy atom. The second-order valence-corrected chi connectivity index (χ2v) is 7.67. The van der Waals surface area contributed by atoms with E-state index in [1.54, 1.807) is 20.8 Å². The van der Waals surface area contributed by atoms with Crippen LogP contribution >= 0.6 is 15.9 Å². The van der Waals surface area contributed by atoms with Crippen molar-refractivity contribution in [3.05, 3.63) is 33.8 Å². The van der Waals surface area contributed by atoms with Crippen LogP contribution in [0.3, 0.4) is 0 Å². The van der Waals surface area contributed by atoms with Crippen LogP contribution in [0.5, 0.6) is 0 Å². The summed E-state index contributed by atoms with van der Waals surface area (Å²) in [6.07, 6.45) is -3.47. The maximum Gasteiger partial charge on any atom is 0.417 e. The predicted octanol–water partition coefficient (Wildman–Crippen LogP) is 4.35. The predicted molar refractivity (Wildman–Crippen MR) is 74.6 cm³/mol. The van der Waals surface area contributed by atoms with Crippen LogP contribution in [0, 0.1) is 0 Å². The summed E-state index contributed by atoms with van der Waals surface area (Å²) >= 11 is 3.00. The van der Waals surface area contributed by atoms with Crippen LogP contribution in [0.1, 0.15) is 31.9 Å². The molecule has 0 aromatic heterocycles. The molecule has 1 aromatic carbocycles. The van der Waals surface area contributed by atoms with E-state index in [-0.39, 0.29) is 5.56 Å². The van der Waals surface area contributed by atoms with Crippen molar-refractivity contribution >= 4 is 33.1 Å². The normalized spacial score (nSPS) is 14.9. The van der Waals surface area contributed by atoms with Crippen LogP contribution in [-0.4, -0.2) is 15.2 Å². The average molecular weight is 356 g/mol. The summed E-state index contributed by atoms with van der Waals surface area (Å²) in [6.45, 7) is 5.10. The second-order valence-electron chi connectivity index (χ2n) is 4.83. The zero-order valence-corrected chi connectivity index (χ0v) is 13.0. The average Bonchev–Trinajstić information content (AvgIpc) is 2.24. The van der Waals surface area contributed by atoms with E-state index in [4.69, 9.17) is 0 Å². The van der Waals surface area contributed by atoms with Gasteiger partial charge in [-0.15, -0.1) is 0 Å². The first-order chi connectivity index (χ1) is 8.51. The molecule has 0 unspecified atom stereocenters. The molecule has 0 fully saturated rings. The highest BCUT2D eigenvalue weighted by molar-refractivity contribution is 9.10. The first-order valence-electron chi connectivity index (χ1n) is 5.34. The van der Waals surface area contributed by atoms with Gasteiger partial charge in [0, 0.05) is 16.3 Å². The minimum absolute atomic E-state index is 0.103. The molecule has 0 saturated carbocycles. The molecular formula is C12H13BrF3NOS. The summed E-state index contributed by atoms with van der Waals surface area (Å²) in [4.78, 5) is 0. The van der Waals surface area contributed by atoms with Crippen molar-refractivity contribution in [1.29, 1.82) is 0 Å². The van der Waals surface area contributed by atoms with Gasteiger partial charge in [-0.3, -0.25) is 0 Å². The number of nitrogens with zero attached hydrogens (tertiary/aromatic N) is 1. The van der Waals surface area contributed by atoms with E-state index in [2.05, 4.69) is 20.3 Å². The number of rotatable bonds is 2. The van der Waals surface area contributed by atoms with E-state index >= 15 is 0 Å². The maximum atomic E-state index is 12.8. The van der Waals surface area contributed by atoms with Crippen molar-refractivity contribution in [3.8, 4) is 0 Å². The van der Waals surface area contributed by atoms with Gasteiger partial charge in [-0.2, -0.15) is 17.6 Å². The Hall–Kier alpha value is -0.690. The summed E-state index contributed by atoms with van der Waals surface area (Å²) in [5.41, 5.74) is -0.912. The third-order valence-electron chi connectivity index (χ3n) is 2.13. The number of hydrogen-bond donors (Lipinski definition) is 0. The van der Waals surface area contributed by atoms with E-state index in [1.165, 1.54) is 12.1 Å². The maximum absolute atomic E-state index is 12.8. The van der Waals surface area contributed by atoms with Gasteiger partial charge < -0.3 is 0 Å². The van der Waals surface area contributed by atoms with Crippen LogP contribution in [0.4, 0.5) is 13.2 Å². The lowest BCUT2D eigenvalue weighted by Gasteiger charge is -2.13. The molecule has 0 aliphatic rings. The van der Waals surface area contributed by atoms with Crippen molar-refractivity contribution in [2.45, 2.75) is 31.7 Å². The van der Waals surface area contributed by atoms with Crippen molar-refractivity contribution in [2.24, 2.45) is 4.40 Å². The molecule has 0 N–H and O–H groups in total. The fraction of sp³-hybridized carbons (Fsp3) is 0.417. The minimum atomic E-state index is -4.48. The molecule has 7 heteroatoms. The van der Waals surface area contributed by atoms with Crippen molar-refractivity contribution in [3.63, 3.8) is 0 Å². The van der Waals surface area contributed by atoms with Crippen LogP contribution in [0.25, 0.3) is 0 Å². The zero-order valence-electron chi connectivity index (χ0n) is 10.6. The first-order valence-corrected chi connectivity index (χ1v) is 7.24. The quantitative estimate of drug-likeness (QED) is 0.725. The molecular weight excluding hydrogens is 343 g/mol. The fourth-order valence-electron chi connectivity index (χ4n) is 1.15. The monoisotopic (exact) mass is 355 g/mol. The molecule has 1 rings (SSSR count). The molecule has 0 aliphatic heterocycles. The Kier molecular flexibility index (Phi) is 4.95. The Balaban J connectivity index is 3.16. The highest BCUT2D eigenvalue weighted by atomic mass is 79.9. The van der Waals surface area contributed by atoms with Gasteiger partial charge in [0.05, 0.1) is 10.3 Å². The minimum Gasteiger partial charge on any atom is -0.234 e. The first kappa shape index (κ1) is 16.4. The lowest BCUT2D eigenvalue weighted by atomic mass is 10.1. The van der Waals surface area contributed by atoms with Crippen LogP contribution in [-0.2, 0) is 17.2 Å². The molecule has 0 saturated heterocycles. The van der Waals surface area contributed by atoms with Gasteiger partial charge in [-0.25, -0.2) is 4.21 Å². The van der Waals surface area contributed by atoms with Gasteiger partial charge in [-0.1, -0.05) is 22.0 Å².